The summed E-state index contributed by atoms with van der Waals surface area (Å²) in [7, 11) is -1.24. The van der Waals surface area contributed by atoms with Crippen molar-refractivity contribution in [1.82, 2.24) is 9.97 Å². The molecule has 0 saturated heterocycles. The van der Waals surface area contributed by atoms with Crippen molar-refractivity contribution < 1.29 is 24.5 Å². The topological polar surface area (TPSA) is 38.9 Å². The monoisotopic (exact) mass is 753 g/mol. The largest absolute Gasteiger partial charge is 0.501 e. The molecule has 3 nitrogen and oxygen atoms in total. The molecule has 0 spiro atoms. The minimum Gasteiger partial charge on any atom is -0.501 e. The van der Waals surface area contributed by atoms with Gasteiger partial charge in [0.15, 0.2) is 0 Å². The Morgan fingerprint density at radius 1 is 0.698 bits per heavy atom. The molecule has 7 rings (SSSR count). The number of para-hydroxylation sites is 1. The Labute approximate surface area is 268 Å². The molecule has 215 valence electrons. The second kappa shape index (κ2) is 13.0. The minimum absolute atomic E-state index is 0. The van der Waals surface area contributed by atoms with Gasteiger partial charge in [-0.05, 0) is 34.1 Å². The van der Waals surface area contributed by atoms with E-state index < -0.39 is 8.07 Å². The van der Waals surface area contributed by atoms with Crippen molar-refractivity contribution in [3.63, 3.8) is 0 Å². The number of hydrogen-bond donors (Lipinski definition) is 0. The van der Waals surface area contributed by atoms with E-state index in [0.717, 1.165) is 55.6 Å². The van der Waals surface area contributed by atoms with Crippen LogP contribution in [0.1, 0.15) is 5.56 Å². The molecule has 0 saturated carbocycles. The SMILES string of the molecule is Cc1c[c-]c(-c2ccc([Si](C)(C)C)cn2)cc1.[Ir].[c-]1cc(-c2ccccc2)c2c(oc3ccccc32)c1-c1ccccn1. The molecule has 4 aromatic carbocycles. The van der Waals surface area contributed by atoms with E-state index >= 15 is 0 Å². The van der Waals surface area contributed by atoms with Crippen molar-refractivity contribution in [3.05, 3.63) is 139 Å². The van der Waals surface area contributed by atoms with Crippen LogP contribution in [0.3, 0.4) is 0 Å². The summed E-state index contributed by atoms with van der Waals surface area (Å²) in [6.45, 7) is 9.08. The smallest absolute Gasteiger partial charge is 0.120 e. The van der Waals surface area contributed by atoms with Gasteiger partial charge in [0.05, 0.1) is 13.7 Å². The zero-order valence-corrected chi connectivity index (χ0v) is 28.1. The number of hydrogen-bond acceptors (Lipinski definition) is 3. The Balaban J connectivity index is 0.000000180. The van der Waals surface area contributed by atoms with Gasteiger partial charge in [0.1, 0.15) is 5.58 Å². The number of aryl methyl sites for hydroxylation is 1. The summed E-state index contributed by atoms with van der Waals surface area (Å²) in [6, 6.07) is 43.6. The molecule has 0 unspecified atom stereocenters. The van der Waals surface area contributed by atoms with Gasteiger partial charge < -0.3 is 14.4 Å². The maximum absolute atomic E-state index is 6.23. The summed E-state index contributed by atoms with van der Waals surface area (Å²) in [4.78, 5) is 9.03. The first-order valence-electron chi connectivity index (χ1n) is 14.2. The summed E-state index contributed by atoms with van der Waals surface area (Å²) in [6.07, 6.45) is 3.82. The number of furan rings is 1. The van der Waals surface area contributed by atoms with E-state index in [0.29, 0.717) is 0 Å². The van der Waals surface area contributed by atoms with Gasteiger partial charge in [-0.15, -0.1) is 47.5 Å². The Hall–Kier alpha value is -4.15. The van der Waals surface area contributed by atoms with Gasteiger partial charge in [0.25, 0.3) is 0 Å². The Morgan fingerprint density at radius 3 is 2.14 bits per heavy atom. The van der Waals surface area contributed by atoms with Crippen molar-refractivity contribution in [2.75, 3.05) is 0 Å². The van der Waals surface area contributed by atoms with E-state index in [-0.39, 0.29) is 20.1 Å². The van der Waals surface area contributed by atoms with Crippen LogP contribution in [-0.4, -0.2) is 18.0 Å². The first-order chi connectivity index (χ1) is 20.4. The van der Waals surface area contributed by atoms with Crippen molar-refractivity contribution in [1.29, 1.82) is 0 Å². The number of aromatic nitrogens is 2. The first-order valence-corrected chi connectivity index (χ1v) is 17.7. The van der Waals surface area contributed by atoms with Crippen LogP contribution in [0.25, 0.3) is 55.6 Å². The second-order valence-corrected chi connectivity index (χ2v) is 16.5. The fourth-order valence-corrected chi connectivity index (χ4v) is 6.01. The van der Waals surface area contributed by atoms with Gasteiger partial charge in [0.2, 0.25) is 0 Å². The van der Waals surface area contributed by atoms with Crippen LogP contribution in [0.4, 0.5) is 0 Å². The van der Waals surface area contributed by atoms with Crippen LogP contribution in [0.5, 0.6) is 0 Å². The molecule has 5 heteroatoms. The molecule has 0 atom stereocenters. The molecule has 0 N–H and O–H groups in total. The predicted molar refractivity (Wildman–Crippen MR) is 177 cm³/mol. The number of benzene rings is 4. The molecule has 1 radical (unpaired) electrons. The summed E-state index contributed by atoms with van der Waals surface area (Å²) < 4.78 is 6.23. The Bertz CT molecular complexity index is 1940. The molecule has 0 bridgehead atoms. The number of fused-ring (bicyclic) bond motifs is 3. The van der Waals surface area contributed by atoms with Crippen LogP contribution in [0.15, 0.2) is 126 Å². The Kier molecular flexibility index (Phi) is 9.17. The van der Waals surface area contributed by atoms with Crippen LogP contribution in [-0.2, 0) is 20.1 Å². The van der Waals surface area contributed by atoms with Gasteiger partial charge in [-0.1, -0.05) is 116 Å². The fraction of sp³-hybridized carbons (Fsp3) is 0.105. The predicted octanol–water partition coefficient (Wildman–Crippen LogP) is 9.52. The molecule has 43 heavy (non-hydrogen) atoms. The van der Waals surface area contributed by atoms with Gasteiger partial charge in [-0.25, -0.2) is 0 Å². The molecular weight excluding hydrogens is 721 g/mol. The standard InChI is InChI=1S/C23H14NO.C15H18NSi.Ir/c1-2-8-16(9-3-1)17-13-14-18(20-11-6-7-15-24-20)23-22(17)19-10-4-5-12-21(19)25-23;1-12-5-7-13(8-6-12)15-10-9-14(11-16-15)17(2,3)4;/h1-13,15H;5-7,9-11H,1-4H3;/q2*-1;. The third-order valence-corrected chi connectivity index (χ3v) is 9.36. The van der Waals surface area contributed by atoms with E-state index in [4.69, 9.17) is 4.42 Å². The summed E-state index contributed by atoms with van der Waals surface area (Å²) >= 11 is 0. The average Bonchev–Trinajstić information content (AvgIpc) is 3.42. The third kappa shape index (κ3) is 6.60. The zero-order chi connectivity index (χ0) is 29.1. The van der Waals surface area contributed by atoms with Gasteiger partial charge >= 0.3 is 0 Å². The molecule has 0 aliphatic carbocycles. The minimum atomic E-state index is -1.24. The summed E-state index contributed by atoms with van der Waals surface area (Å²) in [5.74, 6) is 0. The van der Waals surface area contributed by atoms with Gasteiger partial charge in [-0.3, -0.25) is 0 Å². The first kappa shape index (κ1) is 30.3. The number of pyridine rings is 2. The van der Waals surface area contributed by atoms with Crippen molar-refractivity contribution >= 4 is 35.2 Å². The van der Waals surface area contributed by atoms with Crippen molar-refractivity contribution in [2.24, 2.45) is 0 Å². The van der Waals surface area contributed by atoms with E-state index in [9.17, 15) is 0 Å². The molecule has 0 amide bonds. The zero-order valence-electron chi connectivity index (χ0n) is 24.7. The van der Waals surface area contributed by atoms with E-state index in [2.05, 4.69) is 103 Å². The van der Waals surface area contributed by atoms with Gasteiger partial charge in [0, 0.05) is 37.9 Å². The number of nitrogens with zero attached hydrogens (tertiary/aromatic N) is 2. The van der Waals surface area contributed by atoms with E-state index in [1.165, 1.54) is 10.8 Å². The summed E-state index contributed by atoms with van der Waals surface area (Å²) in [5, 5.41) is 3.62. The van der Waals surface area contributed by atoms with Gasteiger partial charge in [-0.2, -0.15) is 0 Å². The quantitative estimate of drug-likeness (QED) is 0.133. The van der Waals surface area contributed by atoms with Crippen LogP contribution in [0.2, 0.25) is 19.6 Å². The number of rotatable bonds is 4. The molecule has 0 aliphatic rings. The van der Waals surface area contributed by atoms with E-state index in [1.54, 1.807) is 6.20 Å². The summed E-state index contributed by atoms with van der Waals surface area (Å²) in [5.41, 5.74) is 9.06. The Morgan fingerprint density at radius 2 is 1.47 bits per heavy atom. The normalized spacial score (nSPS) is 11.1. The maximum atomic E-state index is 6.23. The molecule has 0 aliphatic heterocycles. The molecule has 3 aromatic heterocycles. The van der Waals surface area contributed by atoms with Crippen LogP contribution < -0.4 is 5.19 Å². The van der Waals surface area contributed by atoms with E-state index in [1.807, 2.05) is 60.8 Å². The van der Waals surface area contributed by atoms with Crippen LogP contribution >= 0.6 is 0 Å². The molecule has 0 fully saturated rings. The van der Waals surface area contributed by atoms with Crippen molar-refractivity contribution in [2.45, 2.75) is 26.6 Å². The molecular formula is C38H32IrN2OSi-2. The van der Waals surface area contributed by atoms with Crippen molar-refractivity contribution in [3.8, 4) is 33.6 Å². The maximum Gasteiger partial charge on any atom is 0.120 e. The fourth-order valence-electron chi connectivity index (χ4n) is 4.98. The third-order valence-electron chi connectivity index (χ3n) is 7.33. The average molecular weight is 753 g/mol. The second-order valence-electron chi connectivity index (χ2n) is 11.4. The van der Waals surface area contributed by atoms with Crippen LogP contribution in [0, 0.1) is 19.1 Å². The molecule has 3 heterocycles. The molecule has 7 aromatic rings.